The molecule has 0 spiro atoms. The summed E-state index contributed by atoms with van der Waals surface area (Å²) in [4.78, 5) is 10.6. The quantitative estimate of drug-likeness (QED) is 0.770. The van der Waals surface area contributed by atoms with Gasteiger partial charge in [0.05, 0.1) is 18.3 Å². The van der Waals surface area contributed by atoms with Crippen LogP contribution in [-0.2, 0) is 15.0 Å². The molecular weight excluding hydrogens is 256 g/mol. The van der Waals surface area contributed by atoms with Gasteiger partial charge in [0.1, 0.15) is 12.0 Å². The Morgan fingerprint density at radius 1 is 1.50 bits per heavy atom. The smallest absolute Gasteiger partial charge is 0.302 e. The zero-order valence-corrected chi connectivity index (χ0v) is 10.2. The van der Waals surface area contributed by atoms with Crippen LogP contribution >= 0.6 is 0 Å². The molecule has 1 aliphatic rings. The van der Waals surface area contributed by atoms with Crippen LogP contribution in [0.25, 0.3) is 6.08 Å². The third-order valence-electron chi connectivity index (χ3n) is 2.62. The summed E-state index contributed by atoms with van der Waals surface area (Å²) in [6.07, 6.45) is 2.06. The van der Waals surface area contributed by atoms with Crippen LogP contribution in [-0.4, -0.2) is 32.4 Å². The van der Waals surface area contributed by atoms with E-state index in [2.05, 4.69) is 11.3 Å². The minimum Gasteiger partial charge on any atom is -0.506 e. The van der Waals surface area contributed by atoms with Crippen LogP contribution in [0.15, 0.2) is 24.8 Å². The van der Waals surface area contributed by atoms with Crippen LogP contribution < -0.4 is 9.03 Å². The third-order valence-corrected chi connectivity index (χ3v) is 4.15. The fraction of sp³-hybridized carbons (Fsp3) is 0.182. The molecule has 1 unspecified atom stereocenters. The number of carbonyl (C=O) groups is 1. The molecule has 1 fully saturated rings. The first-order chi connectivity index (χ1) is 8.47. The number of nitrogens with one attached hydrogen (secondary N) is 1. The number of aldehydes is 1. The van der Waals surface area contributed by atoms with Gasteiger partial charge in [0.15, 0.2) is 0 Å². The molecule has 1 saturated heterocycles. The van der Waals surface area contributed by atoms with E-state index in [1.807, 2.05) is 0 Å². The second-order valence-electron chi connectivity index (χ2n) is 3.85. The van der Waals surface area contributed by atoms with Crippen LogP contribution in [0, 0.1) is 0 Å². The lowest BCUT2D eigenvalue weighted by molar-refractivity contribution is -0.108. The number of carbonyl (C=O) groups excluding carboxylic acids is 1. The van der Waals surface area contributed by atoms with Crippen molar-refractivity contribution in [1.29, 1.82) is 0 Å². The minimum atomic E-state index is -3.78. The van der Waals surface area contributed by atoms with Crippen molar-refractivity contribution < 1.29 is 18.3 Å². The molecule has 0 saturated carbocycles. The van der Waals surface area contributed by atoms with Crippen LogP contribution in [0.2, 0.25) is 0 Å². The molecule has 2 N–H and O–H groups in total. The van der Waals surface area contributed by atoms with Crippen molar-refractivity contribution in [2.45, 2.75) is 6.04 Å². The molecule has 1 aliphatic heterocycles. The summed E-state index contributed by atoms with van der Waals surface area (Å²) in [6.45, 7) is 3.52. The van der Waals surface area contributed by atoms with Gasteiger partial charge in [-0.1, -0.05) is 18.7 Å². The Hall–Kier alpha value is -1.86. The number of hydrogen-bond acceptors (Lipinski definition) is 4. The highest BCUT2D eigenvalue weighted by Gasteiger charge is 2.36. The molecular formula is C11H12N2O4S. The van der Waals surface area contributed by atoms with Gasteiger partial charge in [0.25, 0.3) is 0 Å². The highest BCUT2D eigenvalue weighted by molar-refractivity contribution is 7.91. The summed E-state index contributed by atoms with van der Waals surface area (Å²) in [6, 6.07) is 3.71. The Morgan fingerprint density at radius 3 is 2.72 bits per heavy atom. The largest absolute Gasteiger partial charge is 0.506 e. The number of phenols is 1. The maximum atomic E-state index is 11.8. The molecule has 6 nitrogen and oxygen atoms in total. The Bertz CT molecular complexity index is 597. The van der Waals surface area contributed by atoms with E-state index in [9.17, 15) is 18.3 Å². The number of nitrogens with zero attached hydrogens (tertiary/aromatic N) is 1. The van der Waals surface area contributed by atoms with Crippen molar-refractivity contribution in [2.24, 2.45) is 0 Å². The predicted octanol–water partition coefficient (Wildman–Crippen LogP) is 0.257. The van der Waals surface area contributed by atoms with E-state index < -0.39 is 16.3 Å². The highest BCUT2D eigenvalue weighted by Crippen LogP contribution is 2.32. The lowest BCUT2D eigenvalue weighted by Gasteiger charge is -2.17. The number of benzene rings is 1. The van der Waals surface area contributed by atoms with Crippen molar-refractivity contribution in [1.82, 2.24) is 4.72 Å². The normalized spacial score (nSPS) is 21.8. The lowest BCUT2D eigenvalue weighted by atomic mass is 10.2. The Labute approximate surface area is 105 Å². The SMILES string of the molecule is C=Cc1ccc(N2CC(C=O)NS2(=O)=O)c(O)c1. The minimum absolute atomic E-state index is 0.0349. The summed E-state index contributed by atoms with van der Waals surface area (Å²) in [5, 5.41) is 9.80. The molecule has 1 aromatic carbocycles. The van der Waals surface area contributed by atoms with Gasteiger partial charge >= 0.3 is 10.2 Å². The molecule has 0 bridgehead atoms. The van der Waals surface area contributed by atoms with E-state index >= 15 is 0 Å². The van der Waals surface area contributed by atoms with E-state index in [0.29, 0.717) is 11.8 Å². The van der Waals surface area contributed by atoms with Crippen molar-refractivity contribution >= 4 is 28.3 Å². The Morgan fingerprint density at radius 2 is 2.22 bits per heavy atom. The zero-order valence-electron chi connectivity index (χ0n) is 9.41. The molecule has 0 aromatic heterocycles. The third kappa shape index (κ3) is 2.09. The molecule has 1 aromatic rings. The molecule has 7 heteroatoms. The van der Waals surface area contributed by atoms with Crippen LogP contribution in [0.3, 0.4) is 0 Å². The number of aromatic hydroxyl groups is 1. The van der Waals surface area contributed by atoms with Gasteiger partial charge in [-0.2, -0.15) is 13.1 Å². The monoisotopic (exact) mass is 268 g/mol. The predicted molar refractivity (Wildman–Crippen MR) is 67.5 cm³/mol. The van der Waals surface area contributed by atoms with E-state index in [-0.39, 0.29) is 18.0 Å². The average molecular weight is 268 g/mol. The van der Waals surface area contributed by atoms with E-state index in [4.69, 9.17) is 0 Å². The van der Waals surface area contributed by atoms with Crippen molar-refractivity contribution in [3.05, 3.63) is 30.3 Å². The molecule has 1 heterocycles. The van der Waals surface area contributed by atoms with Crippen LogP contribution in [0.1, 0.15) is 5.56 Å². The van der Waals surface area contributed by atoms with Gasteiger partial charge in [-0.05, 0) is 17.7 Å². The van der Waals surface area contributed by atoms with Gasteiger partial charge in [-0.25, -0.2) is 0 Å². The standard InChI is InChI=1S/C11H12N2O4S/c1-2-8-3-4-10(11(15)5-8)13-6-9(7-14)12-18(13,16)17/h2-5,7,9,12,15H,1,6H2. The van der Waals surface area contributed by atoms with Gasteiger partial charge in [0, 0.05) is 0 Å². The molecule has 0 aliphatic carbocycles. The molecule has 1 atom stereocenters. The molecule has 2 rings (SSSR count). The average Bonchev–Trinajstić information content (AvgIpc) is 2.64. The summed E-state index contributed by atoms with van der Waals surface area (Å²) in [7, 11) is -3.78. The van der Waals surface area contributed by atoms with Crippen LogP contribution in [0.5, 0.6) is 5.75 Å². The van der Waals surface area contributed by atoms with Gasteiger partial charge in [-0.3, -0.25) is 4.31 Å². The summed E-state index contributed by atoms with van der Waals surface area (Å²) < 4.78 is 26.7. The summed E-state index contributed by atoms with van der Waals surface area (Å²) in [5.41, 5.74) is 0.810. The summed E-state index contributed by atoms with van der Waals surface area (Å²) in [5.74, 6) is -0.177. The number of anilines is 1. The molecule has 96 valence electrons. The fourth-order valence-corrected chi connectivity index (χ4v) is 3.16. The second-order valence-corrected chi connectivity index (χ2v) is 5.48. The fourth-order valence-electron chi connectivity index (χ4n) is 1.75. The Kier molecular flexibility index (Phi) is 3.10. The first-order valence-corrected chi connectivity index (χ1v) is 6.62. The molecule has 0 amide bonds. The molecule has 18 heavy (non-hydrogen) atoms. The number of rotatable bonds is 3. The Balaban J connectivity index is 2.43. The van der Waals surface area contributed by atoms with Gasteiger partial charge in [-0.15, -0.1) is 0 Å². The first kappa shape index (κ1) is 12.6. The number of hydrogen-bond donors (Lipinski definition) is 2. The topological polar surface area (TPSA) is 86.7 Å². The number of phenolic OH excluding ortho intramolecular Hbond substituents is 1. The van der Waals surface area contributed by atoms with Gasteiger partial charge in [0.2, 0.25) is 0 Å². The maximum Gasteiger partial charge on any atom is 0.302 e. The van der Waals surface area contributed by atoms with Crippen molar-refractivity contribution in [3.8, 4) is 5.75 Å². The lowest BCUT2D eigenvalue weighted by Crippen LogP contribution is -2.30. The van der Waals surface area contributed by atoms with E-state index in [1.165, 1.54) is 18.2 Å². The second kappa shape index (κ2) is 4.43. The van der Waals surface area contributed by atoms with Gasteiger partial charge < -0.3 is 9.90 Å². The van der Waals surface area contributed by atoms with Crippen molar-refractivity contribution in [2.75, 3.05) is 10.8 Å². The van der Waals surface area contributed by atoms with E-state index in [1.54, 1.807) is 6.07 Å². The zero-order chi connectivity index (χ0) is 13.3. The van der Waals surface area contributed by atoms with Crippen LogP contribution in [0.4, 0.5) is 5.69 Å². The van der Waals surface area contributed by atoms with E-state index in [0.717, 1.165) is 4.31 Å². The van der Waals surface area contributed by atoms with Crippen molar-refractivity contribution in [3.63, 3.8) is 0 Å². The molecule has 0 radical (unpaired) electrons. The summed E-state index contributed by atoms with van der Waals surface area (Å²) >= 11 is 0. The highest BCUT2D eigenvalue weighted by atomic mass is 32.2. The first-order valence-electron chi connectivity index (χ1n) is 5.18. The maximum absolute atomic E-state index is 11.8.